The van der Waals surface area contributed by atoms with E-state index in [1.807, 2.05) is 24.5 Å². The maximum absolute atomic E-state index is 11.9. The maximum atomic E-state index is 11.9. The van der Waals surface area contributed by atoms with E-state index < -0.39 is 0 Å². The van der Waals surface area contributed by atoms with E-state index in [1.54, 1.807) is 11.8 Å². The maximum Gasteiger partial charge on any atom is 0.224 e. The molecule has 0 aliphatic heterocycles. The van der Waals surface area contributed by atoms with Crippen LogP contribution < -0.4 is 5.32 Å². The highest BCUT2D eigenvalue weighted by molar-refractivity contribution is 7.98. The normalized spacial score (nSPS) is 10.7. The highest BCUT2D eigenvalue weighted by Gasteiger charge is 2.07. The van der Waals surface area contributed by atoms with Crippen molar-refractivity contribution in [1.82, 2.24) is 10.2 Å². The summed E-state index contributed by atoms with van der Waals surface area (Å²) < 4.78 is 0. The Morgan fingerprint density at radius 2 is 1.95 bits per heavy atom. The Balaban J connectivity index is 2.39. The van der Waals surface area contributed by atoms with Crippen molar-refractivity contribution in [2.24, 2.45) is 0 Å². The number of carbonyl (C=O) groups excluding carboxylic acids is 1. The quantitative estimate of drug-likeness (QED) is 0.742. The molecule has 1 rings (SSSR count). The van der Waals surface area contributed by atoms with E-state index in [-0.39, 0.29) is 5.91 Å². The second-order valence-corrected chi connectivity index (χ2v) is 5.21. The molecule has 1 aromatic rings. The fourth-order valence-electron chi connectivity index (χ4n) is 1.98. The zero-order chi connectivity index (χ0) is 14.1. The first-order valence-corrected chi connectivity index (χ1v) is 8.04. The molecule has 1 aromatic carbocycles. The number of benzene rings is 1. The zero-order valence-corrected chi connectivity index (χ0v) is 12.9. The largest absolute Gasteiger partial charge is 0.355 e. The van der Waals surface area contributed by atoms with Crippen LogP contribution >= 0.6 is 11.8 Å². The van der Waals surface area contributed by atoms with Crippen LogP contribution in [-0.4, -0.2) is 43.2 Å². The summed E-state index contributed by atoms with van der Waals surface area (Å²) in [6.07, 6.45) is 2.51. The molecule has 4 heteroatoms. The summed E-state index contributed by atoms with van der Waals surface area (Å²) in [6, 6.07) is 8.07. The third kappa shape index (κ3) is 5.66. The topological polar surface area (TPSA) is 32.3 Å². The van der Waals surface area contributed by atoms with Gasteiger partial charge < -0.3 is 10.2 Å². The van der Waals surface area contributed by atoms with Gasteiger partial charge in [-0.2, -0.15) is 0 Å². The molecule has 1 N–H and O–H groups in total. The Hall–Kier alpha value is -1.00. The van der Waals surface area contributed by atoms with Crippen molar-refractivity contribution in [2.45, 2.75) is 25.2 Å². The van der Waals surface area contributed by atoms with Crippen LogP contribution in [0.1, 0.15) is 19.4 Å². The lowest BCUT2D eigenvalue weighted by Gasteiger charge is -2.18. The number of hydrogen-bond acceptors (Lipinski definition) is 3. The van der Waals surface area contributed by atoms with Crippen molar-refractivity contribution in [3.05, 3.63) is 29.8 Å². The van der Waals surface area contributed by atoms with Crippen molar-refractivity contribution in [3.8, 4) is 0 Å². The van der Waals surface area contributed by atoms with Gasteiger partial charge in [-0.15, -0.1) is 11.8 Å². The standard InChI is InChI=1S/C15H24N2OS/c1-4-17(5-2)11-10-16-15(18)12-13-8-6-7-9-14(13)19-3/h6-9H,4-5,10-12H2,1-3H3,(H,16,18). The molecule has 0 heterocycles. The second kappa shape index (κ2) is 8.99. The van der Waals surface area contributed by atoms with Crippen molar-refractivity contribution < 1.29 is 4.79 Å². The van der Waals surface area contributed by atoms with Crippen LogP contribution in [0.2, 0.25) is 0 Å². The molecule has 19 heavy (non-hydrogen) atoms. The molecule has 0 spiro atoms. The predicted molar refractivity (Wildman–Crippen MR) is 82.7 cm³/mol. The number of hydrogen-bond donors (Lipinski definition) is 1. The van der Waals surface area contributed by atoms with Crippen molar-refractivity contribution in [2.75, 3.05) is 32.4 Å². The highest BCUT2D eigenvalue weighted by Crippen LogP contribution is 2.19. The molecular formula is C15H24N2OS. The van der Waals surface area contributed by atoms with Crippen LogP contribution in [0.4, 0.5) is 0 Å². The molecule has 106 valence electrons. The summed E-state index contributed by atoms with van der Waals surface area (Å²) in [7, 11) is 0. The van der Waals surface area contributed by atoms with Gasteiger partial charge in [0.2, 0.25) is 5.91 Å². The molecule has 0 aliphatic carbocycles. The average molecular weight is 280 g/mol. The number of thioether (sulfide) groups is 1. The van der Waals surface area contributed by atoms with E-state index >= 15 is 0 Å². The van der Waals surface area contributed by atoms with E-state index in [0.717, 1.165) is 31.7 Å². The van der Waals surface area contributed by atoms with Crippen LogP contribution in [0, 0.1) is 0 Å². The van der Waals surface area contributed by atoms with Crippen molar-refractivity contribution in [1.29, 1.82) is 0 Å². The van der Waals surface area contributed by atoms with Gasteiger partial charge in [-0.05, 0) is 31.0 Å². The molecule has 0 unspecified atom stereocenters. The monoisotopic (exact) mass is 280 g/mol. The van der Waals surface area contributed by atoms with Gasteiger partial charge in [-0.1, -0.05) is 32.0 Å². The number of carbonyl (C=O) groups is 1. The second-order valence-electron chi connectivity index (χ2n) is 4.37. The molecule has 0 aliphatic rings. The molecule has 0 saturated carbocycles. The number of amides is 1. The smallest absolute Gasteiger partial charge is 0.224 e. The molecule has 0 bridgehead atoms. The number of rotatable bonds is 8. The van der Waals surface area contributed by atoms with E-state index in [2.05, 4.69) is 30.1 Å². The van der Waals surface area contributed by atoms with Gasteiger partial charge in [-0.3, -0.25) is 4.79 Å². The molecule has 0 saturated heterocycles. The van der Waals surface area contributed by atoms with Crippen molar-refractivity contribution >= 4 is 17.7 Å². The molecule has 0 aromatic heterocycles. The minimum Gasteiger partial charge on any atom is -0.355 e. The molecule has 0 radical (unpaired) electrons. The summed E-state index contributed by atoms with van der Waals surface area (Å²) in [6.45, 7) is 7.98. The first-order valence-electron chi connectivity index (χ1n) is 6.82. The van der Waals surface area contributed by atoms with Crippen molar-refractivity contribution in [3.63, 3.8) is 0 Å². The number of likely N-dealkylation sites (N-methyl/N-ethyl adjacent to an activating group) is 1. The lowest BCUT2D eigenvalue weighted by Crippen LogP contribution is -2.35. The van der Waals surface area contributed by atoms with Gasteiger partial charge in [0.1, 0.15) is 0 Å². The van der Waals surface area contributed by atoms with Gasteiger partial charge in [0.25, 0.3) is 0 Å². The van der Waals surface area contributed by atoms with E-state index in [4.69, 9.17) is 0 Å². The minimum absolute atomic E-state index is 0.105. The number of nitrogens with zero attached hydrogens (tertiary/aromatic N) is 1. The Morgan fingerprint density at radius 1 is 1.26 bits per heavy atom. The summed E-state index contributed by atoms with van der Waals surface area (Å²) in [4.78, 5) is 15.4. The third-order valence-electron chi connectivity index (χ3n) is 3.19. The Bertz CT molecular complexity index is 391. The van der Waals surface area contributed by atoms with Gasteiger partial charge in [0.05, 0.1) is 6.42 Å². The molecule has 0 atom stereocenters. The average Bonchev–Trinajstić information content (AvgIpc) is 2.44. The highest BCUT2D eigenvalue weighted by atomic mass is 32.2. The van der Waals surface area contributed by atoms with E-state index in [9.17, 15) is 4.79 Å². The Kier molecular flexibility index (Phi) is 7.60. The molecule has 1 amide bonds. The van der Waals surface area contributed by atoms with Crippen LogP contribution in [0.25, 0.3) is 0 Å². The van der Waals surface area contributed by atoms with Gasteiger partial charge in [0, 0.05) is 18.0 Å². The van der Waals surface area contributed by atoms with Crippen LogP contribution in [-0.2, 0) is 11.2 Å². The van der Waals surface area contributed by atoms with Gasteiger partial charge in [-0.25, -0.2) is 0 Å². The lowest BCUT2D eigenvalue weighted by molar-refractivity contribution is -0.120. The lowest BCUT2D eigenvalue weighted by atomic mass is 10.1. The fourth-order valence-corrected chi connectivity index (χ4v) is 2.59. The summed E-state index contributed by atoms with van der Waals surface area (Å²) in [5.74, 6) is 0.105. The number of nitrogens with one attached hydrogen (secondary N) is 1. The predicted octanol–water partition coefficient (Wildman–Crippen LogP) is 2.41. The first-order chi connectivity index (χ1) is 9.21. The van der Waals surface area contributed by atoms with Crippen LogP contribution in [0.5, 0.6) is 0 Å². The van der Waals surface area contributed by atoms with Gasteiger partial charge in [0.15, 0.2) is 0 Å². The Morgan fingerprint density at radius 3 is 2.58 bits per heavy atom. The fraction of sp³-hybridized carbons (Fsp3) is 0.533. The van der Waals surface area contributed by atoms with E-state index in [1.165, 1.54) is 4.90 Å². The summed E-state index contributed by atoms with van der Waals surface area (Å²) >= 11 is 1.69. The Labute approximate surface area is 120 Å². The van der Waals surface area contributed by atoms with Crippen LogP contribution in [0.15, 0.2) is 29.2 Å². The zero-order valence-electron chi connectivity index (χ0n) is 12.1. The first kappa shape index (κ1) is 16.1. The molecule has 0 fully saturated rings. The van der Waals surface area contributed by atoms with E-state index in [0.29, 0.717) is 6.42 Å². The third-order valence-corrected chi connectivity index (χ3v) is 4.03. The molecular weight excluding hydrogens is 256 g/mol. The van der Waals surface area contributed by atoms with Gasteiger partial charge >= 0.3 is 0 Å². The summed E-state index contributed by atoms with van der Waals surface area (Å²) in [5.41, 5.74) is 1.11. The van der Waals surface area contributed by atoms with Crippen LogP contribution in [0.3, 0.4) is 0 Å². The molecule has 3 nitrogen and oxygen atoms in total. The SMILES string of the molecule is CCN(CC)CCNC(=O)Cc1ccccc1SC. The summed E-state index contributed by atoms with van der Waals surface area (Å²) in [5, 5.41) is 2.99. The minimum atomic E-state index is 0.105.